The van der Waals surface area contributed by atoms with Crippen LogP contribution in [-0.4, -0.2) is 4.57 Å². The Kier molecular flexibility index (Phi) is 4.18. The van der Waals surface area contributed by atoms with Crippen molar-refractivity contribution in [3.05, 3.63) is 139 Å². The Morgan fingerprint density at radius 1 is 0.450 bits per heavy atom. The summed E-state index contributed by atoms with van der Waals surface area (Å²) in [5.74, 6) is 0. The van der Waals surface area contributed by atoms with Gasteiger partial charge in [0.2, 0.25) is 0 Å². The highest BCUT2D eigenvalue weighted by Gasteiger charge is 2.35. The van der Waals surface area contributed by atoms with Crippen molar-refractivity contribution in [3.63, 3.8) is 0 Å². The number of hydrogen-bond donors (Lipinski definition) is 0. The molecule has 1 heterocycles. The lowest BCUT2D eigenvalue weighted by Gasteiger charge is -2.22. The van der Waals surface area contributed by atoms with Crippen LogP contribution in [0.15, 0.2) is 127 Å². The van der Waals surface area contributed by atoms with Gasteiger partial charge in [0.25, 0.3) is 0 Å². The van der Waals surface area contributed by atoms with Crippen molar-refractivity contribution < 1.29 is 0 Å². The molecule has 0 N–H and O–H groups in total. The smallest absolute Gasteiger partial charge is 0.0626 e. The summed E-state index contributed by atoms with van der Waals surface area (Å²) in [7, 11) is 0. The van der Waals surface area contributed by atoms with E-state index in [0.29, 0.717) is 0 Å². The molecule has 0 aliphatic heterocycles. The molecule has 1 aliphatic carbocycles. The number of aromatic nitrogens is 1. The van der Waals surface area contributed by atoms with Crippen molar-refractivity contribution in [2.75, 3.05) is 0 Å². The zero-order chi connectivity index (χ0) is 26.6. The summed E-state index contributed by atoms with van der Waals surface area (Å²) >= 11 is 0. The van der Waals surface area contributed by atoms with E-state index in [1.807, 2.05) is 0 Å². The van der Waals surface area contributed by atoms with E-state index < -0.39 is 0 Å². The molecular weight excluding hydrogens is 482 g/mol. The third kappa shape index (κ3) is 2.67. The number of fused-ring (bicyclic) bond motifs is 13. The number of benzene rings is 7. The van der Waals surface area contributed by atoms with Crippen LogP contribution in [0.25, 0.3) is 70.9 Å². The number of rotatable bonds is 1. The number of hydrogen-bond acceptors (Lipinski definition) is 0. The van der Waals surface area contributed by atoms with E-state index in [4.69, 9.17) is 0 Å². The highest BCUT2D eigenvalue weighted by Crippen LogP contribution is 2.50. The molecule has 1 aromatic heterocycles. The molecule has 7 aromatic carbocycles. The first-order valence-electron chi connectivity index (χ1n) is 14.1. The summed E-state index contributed by atoms with van der Waals surface area (Å²) in [6, 6.07) is 47.3. The topological polar surface area (TPSA) is 4.93 Å². The molecule has 0 bridgehead atoms. The average molecular weight is 510 g/mol. The Hall–Kier alpha value is -4.88. The molecule has 9 rings (SSSR count). The predicted octanol–water partition coefficient (Wildman–Crippen LogP) is 10.5. The van der Waals surface area contributed by atoms with Crippen LogP contribution in [0.3, 0.4) is 0 Å². The van der Waals surface area contributed by atoms with Gasteiger partial charge in [-0.25, -0.2) is 0 Å². The molecule has 0 saturated heterocycles. The summed E-state index contributed by atoms with van der Waals surface area (Å²) in [4.78, 5) is 0. The molecule has 0 amide bonds. The summed E-state index contributed by atoms with van der Waals surface area (Å²) in [6.45, 7) is 4.73. The van der Waals surface area contributed by atoms with Gasteiger partial charge in [0.05, 0.1) is 11.0 Å². The van der Waals surface area contributed by atoms with Crippen LogP contribution >= 0.6 is 0 Å². The Labute approximate surface area is 232 Å². The minimum Gasteiger partial charge on any atom is -0.308 e. The van der Waals surface area contributed by atoms with Crippen LogP contribution in [-0.2, 0) is 5.41 Å². The minimum atomic E-state index is -0.0580. The first kappa shape index (κ1) is 22.0. The molecule has 1 heteroatoms. The van der Waals surface area contributed by atoms with Crippen molar-refractivity contribution in [1.82, 2.24) is 4.57 Å². The molecule has 40 heavy (non-hydrogen) atoms. The van der Waals surface area contributed by atoms with E-state index >= 15 is 0 Å². The third-order valence-corrected chi connectivity index (χ3v) is 9.35. The fraction of sp³-hybridized carbons (Fsp3) is 0.0769. The molecule has 188 valence electrons. The zero-order valence-corrected chi connectivity index (χ0v) is 22.6. The Bertz CT molecular complexity index is 2350. The molecule has 1 nitrogen and oxygen atoms in total. The fourth-order valence-corrected chi connectivity index (χ4v) is 7.53. The maximum absolute atomic E-state index is 2.56. The van der Waals surface area contributed by atoms with Gasteiger partial charge in [0.1, 0.15) is 0 Å². The highest BCUT2D eigenvalue weighted by atomic mass is 15.0. The molecule has 8 aromatic rings. The molecule has 0 unspecified atom stereocenters. The lowest BCUT2D eigenvalue weighted by Crippen LogP contribution is -2.15. The normalized spacial score (nSPS) is 13.9. The standard InChI is InChI=1S/C39H27N/c1-39(2)34-18-10-9-15-29(34)30-22-20-25(23-35(30)39)40-37-26-12-4-3-11-24(26)19-21-33(37)36-31-16-7-5-13-27(31)28-14-6-8-17-32(28)38(36)40/h3-23H,1-2H3. The monoisotopic (exact) mass is 509 g/mol. The van der Waals surface area contributed by atoms with Gasteiger partial charge in [-0.1, -0.05) is 129 Å². The predicted molar refractivity (Wildman–Crippen MR) is 171 cm³/mol. The van der Waals surface area contributed by atoms with Gasteiger partial charge in [0, 0.05) is 32.6 Å². The highest BCUT2D eigenvalue weighted by molar-refractivity contribution is 6.34. The van der Waals surface area contributed by atoms with E-state index in [0.717, 1.165) is 0 Å². The second-order valence-corrected chi connectivity index (χ2v) is 11.7. The van der Waals surface area contributed by atoms with Gasteiger partial charge < -0.3 is 4.57 Å². The van der Waals surface area contributed by atoms with Gasteiger partial charge >= 0.3 is 0 Å². The van der Waals surface area contributed by atoms with Gasteiger partial charge in [-0.2, -0.15) is 0 Å². The summed E-state index contributed by atoms with van der Waals surface area (Å²) in [5, 5.41) is 10.4. The average Bonchev–Trinajstić information content (AvgIpc) is 3.47. The van der Waals surface area contributed by atoms with Crippen LogP contribution in [0, 0.1) is 0 Å². The Balaban J connectivity index is 1.52. The molecule has 0 radical (unpaired) electrons. The van der Waals surface area contributed by atoms with Crippen molar-refractivity contribution in [2.24, 2.45) is 0 Å². The van der Waals surface area contributed by atoms with Crippen LogP contribution in [0.1, 0.15) is 25.0 Å². The zero-order valence-electron chi connectivity index (χ0n) is 22.6. The molecule has 0 atom stereocenters. The summed E-state index contributed by atoms with van der Waals surface area (Å²) in [5.41, 5.74) is 9.24. The van der Waals surface area contributed by atoms with Crippen molar-refractivity contribution in [2.45, 2.75) is 19.3 Å². The first-order valence-corrected chi connectivity index (χ1v) is 14.1. The lowest BCUT2D eigenvalue weighted by atomic mass is 9.82. The minimum absolute atomic E-state index is 0.0580. The SMILES string of the molecule is CC1(C)c2ccccc2-c2ccc(-n3c4c5ccccc5ccc4c4c5ccccc5c5ccccc5c43)cc21. The Morgan fingerprint density at radius 2 is 1.07 bits per heavy atom. The van der Waals surface area contributed by atoms with Crippen molar-refractivity contribution in [1.29, 1.82) is 0 Å². The fourth-order valence-electron chi connectivity index (χ4n) is 7.53. The van der Waals surface area contributed by atoms with Gasteiger partial charge in [-0.3, -0.25) is 0 Å². The van der Waals surface area contributed by atoms with Crippen LogP contribution in [0.5, 0.6) is 0 Å². The van der Waals surface area contributed by atoms with E-state index in [9.17, 15) is 0 Å². The maximum atomic E-state index is 2.56. The van der Waals surface area contributed by atoms with Gasteiger partial charge in [-0.15, -0.1) is 0 Å². The van der Waals surface area contributed by atoms with E-state index in [-0.39, 0.29) is 5.41 Å². The van der Waals surface area contributed by atoms with Gasteiger partial charge in [-0.05, 0) is 55.9 Å². The van der Waals surface area contributed by atoms with Gasteiger partial charge in [0.15, 0.2) is 0 Å². The lowest BCUT2D eigenvalue weighted by molar-refractivity contribution is 0.660. The van der Waals surface area contributed by atoms with Crippen LogP contribution < -0.4 is 0 Å². The van der Waals surface area contributed by atoms with Crippen molar-refractivity contribution >= 4 is 54.1 Å². The van der Waals surface area contributed by atoms with Crippen molar-refractivity contribution in [3.8, 4) is 16.8 Å². The quantitative estimate of drug-likeness (QED) is 0.194. The second-order valence-electron chi connectivity index (χ2n) is 11.7. The largest absolute Gasteiger partial charge is 0.308 e. The second kappa shape index (κ2) is 7.61. The molecule has 1 aliphatic rings. The van der Waals surface area contributed by atoms with Crippen LogP contribution in [0.2, 0.25) is 0 Å². The van der Waals surface area contributed by atoms with Crippen LogP contribution in [0.4, 0.5) is 0 Å². The third-order valence-electron chi connectivity index (χ3n) is 9.35. The molecular formula is C39H27N. The molecule has 0 fully saturated rings. The van der Waals surface area contributed by atoms with E-state index in [1.54, 1.807) is 0 Å². The van der Waals surface area contributed by atoms with E-state index in [2.05, 4.69) is 146 Å². The Morgan fingerprint density at radius 3 is 1.90 bits per heavy atom. The molecule has 0 spiro atoms. The molecule has 0 saturated carbocycles. The first-order chi connectivity index (χ1) is 19.6. The maximum Gasteiger partial charge on any atom is 0.0626 e. The van der Waals surface area contributed by atoms with E-state index in [1.165, 1.54) is 82.1 Å². The number of nitrogens with zero attached hydrogens (tertiary/aromatic N) is 1. The summed E-state index contributed by atoms with van der Waals surface area (Å²) in [6.07, 6.45) is 0. The summed E-state index contributed by atoms with van der Waals surface area (Å²) < 4.78 is 2.56.